The van der Waals surface area contributed by atoms with E-state index in [0.717, 1.165) is 25.1 Å². The van der Waals surface area contributed by atoms with Crippen LogP contribution in [0, 0.1) is 6.92 Å². The lowest BCUT2D eigenvalue weighted by atomic mass is 10.00. The monoisotopic (exact) mass is 314 g/mol. The number of benzene rings is 1. The highest BCUT2D eigenvalue weighted by Gasteiger charge is 2.31. The smallest absolute Gasteiger partial charge is 0.254 e. The largest absolute Gasteiger partial charge is 0.454 e. The summed E-state index contributed by atoms with van der Waals surface area (Å²) in [5.41, 5.74) is 0.605. The summed E-state index contributed by atoms with van der Waals surface area (Å²) in [6.07, 6.45) is 2.95. The maximum Gasteiger partial charge on any atom is 0.254 e. The van der Waals surface area contributed by atoms with Gasteiger partial charge in [0, 0.05) is 12.1 Å². The zero-order valence-corrected chi connectivity index (χ0v) is 12.9. The third-order valence-electron chi connectivity index (χ3n) is 4.30. The van der Waals surface area contributed by atoms with Crippen LogP contribution in [-0.4, -0.2) is 39.3 Å². The Morgan fingerprint density at radius 3 is 3.00 bits per heavy atom. The first-order valence-corrected chi connectivity index (χ1v) is 7.82. The van der Waals surface area contributed by atoms with Crippen molar-refractivity contribution in [2.24, 2.45) is 0 Å². The molecule has 3 heterocycles. The Kier molecular flexibility index (Phi) is 3.40. The van der Waals surface area contributed by atoms with Crippen LogP contribution < -0.4 is 9.47 Å². The van der Waals surface area contributed by atoms with E-state index in [2.05, 4.69) is 15.2 Å². The highest BCUT2D eigenvalue weighted by atomic mass is 16.7. The Morgan fingerprint density at radius 2 is 2.17 bits per heavy atom. The first-order valence-electron chi connectivity index (χ1n) is 7.82. The molecule has 23 heavy (non-hydrogen) atoms. The third kappa shape index (κ3) is 2.52. The molecule has 1 aromatic carbocycles. The highest BCUT2D eigenvalue weighted by molar-refractivity contribution is 5.95. The van der Waals surface area contributed by atoms with E-state index in [1.165, 1.54) is 0 Å². The molecule has 2 aliphatic heterocycles. The van der Waals surface area contributed by atoms with Gasteiger partial charge in [0.25, 0.3) is 5.91 Å². The second kappa shape index (κ2) is 5.57. The first-order chi connectivity index (χ1) is 11.2. The number of H-pyrrole nitrogens is 1. The number of hydrogen-bond acceptors (Lipinski definition) is 5. The Balaban J connectivity index is 1.62. The number of aryl methyl sites for hydroxylation is 1. The SMILES string of the molecule is Cc1nc([C@@H]2CCCCN2C(=O)c2ccc3c(c2)OCO3)n[nH]1. The maximum atomic E-state index is 13.0. The van der Waals surface area contributed by atoms with Gasteiger partial charge < -0.3 is 14.4 Å². The van der Waals surface area contributed by atoms with E-state index in [0.29, 0.717) is 29.4 Å². The third-order valence-corrected chi connectivity index (χ3v) is 4.30. The van der Waals surface area contributed by atoms with Crippen LogP contribution in [0.15, 0.2) is 18.2 Å². The summed E-state index contributed by atoms with van der Waals surface area (Å²) in [4.78, 5) is 19.2. The van der Waals surface area contributed by atoms with Crippen molar-refractivity contribution in [2.75, 3.05) is 13.3 Å². The number of likely N-dealkylation sites (tertiary alicyclic amines) is 1. The molecule has 1 fully saturated rings. The number of carbonyl (C=O) groups is 1. The molecule has 1 atom stereocenters. The van der Waals surface area contributed by atoms with Gasteiger partial charge in [0.05, 0.1) is 6.04 Å². The van der Waals surface area contributed by atoms with Crippen molar-refractivity contribution in [2.45, 2.75) is 32.2 Å². The first kappa shape index (κ1) is 14.0. The quantitative estimate of drug-likeness (QED) is 0.919. The molecule has 0 radical (unpaired) electrons. The van der Waals surface area contributed by atoms with Crippen LogP contribution in [0.1, 0.15) is 47.3 Å². The fraction of sp³-hybridized carbons (Fsp3) is 0.438. The summed E-state index contributed by atoms with van der Waals surface area (Å²) in [6, 6.07) is 5.24. The topological polar surface area (TPSA) is 80.3 Å². The molecule has 1 saturated heterocycles. The Bertz CT molecular complexity index is 743. The van der Waals surface area contributed by atoms with Crippen LogP contribution in [0.4, 0.5) is 0 Å². The molecule has 7 heteroatoms. The van der Waals surface area contributed by atoms with Gasteiger partial charge >= 0.3 is 0 Å². The molecule has 2 aromatic rings. The molecule has 0 saturated carbocycles. The molecule has 1 N–H and O–H groups in total. The Hall–Kier alpha value is -2.57. The molecule has 120 valence electrons. The van der Waals surface area contributed by atoms with E-state index < -0.39 is 0 Å². The average molecular weight is 314 g/mol. The fourth-order valence-corrected chi connectivity index (χ4v) is 3.15. The van der Waals surface area contributed by atoms with Gasteiger partial charge in [0.15, 0.2) is 17.3 Å². The van der Waals surface area contributed by atoms with Gasteiger partial charge in [-0.1, -0.05) is 0 Å². The summed E-state index contributed by atoms with van der Waals surface area (Å²) in [6.45, 7) is 2.78. The van der Waals surface area contributed by atoms with Crippen molar-refractivity contribution in [1.29, 1.82) is 0 Å². The minimum absolute atomic E-state index is 0.0181. The van der Waals surface area contributed by atoms with Crippen LogP contribution in [0.25, 0.3) is 0 Å². The van der Waals surface area contributed by atoms with Gasteiger partial charge in [-0.2, -0.15) is 5.10 Å². The number of fused-ring (bicyclic) bond motifs is 1. The molecule has 0 bridgehead atoms. The Morgan fingerprint density at radius 1 is 1.30 bits per heavy atom. The summed E-state index contributed by atoms with van der Waals surface area (Å²) < 4.78 is 10.7. The van der Waals surface area contributed by atoms with Gasteiger partial charge in [-0.25, -0.2) is 4.98 Å². The van der Waals surface area contributed by atoms with Crippen molar-refractivity contribution in [3.05, 3.63) is 35.4 Å². The average Bonchev–Trinajstić information content (AvgIpc) is 3.22. The number of nitrogens with one attached hydrogen (secondary N) is 1. The van der Waals surface area contributed by atoms with Crippen molar-refractivity contribution >= 4 is 5.91 Å². The summed E-state index contributed by atoms with van der Waals surface area (Å²) in [5.74, 6) is 2.74. The second-order valence-electron chi connectivity index (χ2n) is 5.86. The number of nitrogens with zero attached hydrogens (tertiary/aromatic N) is 3. The number of aromatic amines is 1. The van der Waals surface area contributed by atoms with Crippen LogP contribution in [0.5, 0.6) is 11.5 Å². The number of carbonyl (C=O) groups excluding carboxylic acids is 1. The molecule has 0 unspecified atom stereocenters. The van der Waals surface area contributed by atoms with E-state index in [-0.39, 0.29) is 18.7 Å². The van der Waals surface area contributed by atoms with Gasteiger partial charge in [-0.15, -0.1) is 0 Å². The molecular formula is C16H18N4O3. The van der Waals surface area contributed by atoms with Crippen LogP contribution in [0.2, 0.25) is 0 Å². The molecule has 0 aliphatic carbocycles. The molecule has 2 aliphatic rings. The minimum Gasteiger partial charge on any atom is -0.454 e. The van der Waals surface area contributed by atoms with Crippen LogP contribution in [-0.2, 0) is 0 Å². The predicted molar refractivity (Wildman–Crippen MR) is 81.3 cm³/mol. The van der Waals surface area contributed by atoms with Crippen molar-refractivity contribution in [1.82, 2.24) is 20.1 Å². The number of ether oxygens (including phenoxy) is 2. The lowest BCUT2D eigenvalue weighted by molar-refractivity contribution is 0.0600. The number of aromatic nitrogens is 3. The van der Waals surface area contributed by atoms with Crippen LogP contribution in [0.3, 0.4) is 0 Å². The lowest BCUT2D eigenvalue weighted by Gasteiger charge is -2.34. The highest BCUT2D eigenvalue weighted by Crippen LogP contribution is 2.35. The van der Waals surface area contributed by atoms with E-state index in [4.69, 9.17) is 9.47 Å². The van der Waals surface area contributed by atoms with Crippen molar-refractivity contribution < 1.29 is 14.3 Å². The number of hydrogen-bond donors (Lipinski definition) is 1. The van der Waals surface area contributed by atoms with Crippen molar-refractivity contribution in [3.8, 4) is 11.5 Å². The van der Waals surface area contributed by atoms with E-state index in [1.54, 1.807) is 18.2 Å². The fourth-order valence-electron chi connectivity index (χ4n) is 3.15. The van der Waals surface area contributed by atoms with Gasteiger partial charge in [-0.05, 0) is 44.4 Å². The number of rotatable bonds is 2. The molecule has 4 rings (SSSR count). The maximum absolute atomic E-state index is 13.0. The molecule has 1 amide bonds. The molecule has 7 nitrogen and oxygen atoms in total. The number of amides is 1. The molecular weight excluding hydrogens is 296 g/mol. The van der Waals surface area contributed by atoms with Gasteiger partial charge in [0.2, 0.25) is 6.79 Å². The second-order valence-corrected chi connectivity index (χ2v) is 5.86. The minimum atomic E-state index is -0.0772. The normalized spacial score (nSPS) is 19.9. The van der Waals surface area contributed by atoms with Crippen molar-refractivity contribution in [3.63, 3.8) is 0 Å². The van der Waals surface area contributed by atoms with Crippen LogP contribution >= 0.6 is 0 Å². The summed E-state index contributed by atoms with van der Waals surface area (Å²) >= 11 is 0. The van der Waals surface area contributed by atoms with E-state index in [1.807, 2.05) is 11.8 Å². The number of piperidine rings is 1. The molecule has 1 aromatic heterocycles. The Labute approximate surface area is 133 Å². The summed E-state index contributed by atoms with van der Waals surface area (Å²) in [5, 5.41) is 7.11. The van der Waals surface area contributed by atoms with Gasteiger partial charge in [-0.3, -0.25) is 9.89 Å². The molecule has 0 spiro atoms. The zero-order valence-electron chi connectivity index (χ0n) is 12.9. The standard InChI is InChI=1S/C16H18N4O3/c1-10-17-15(19-18-10)12-4-2-3-7-20(12)16(21)11-5-6-13-14(8-11)23-9-22-13/h5-6,8,12H,2-4,7,9H2,1H3,(H,17,18,19)/t12-/m0/s1. The zero-order chi connectivity index (χ0) is 15.8. The van der Waals surface area contributed by atoms with Gasteiger partial charge in [0.1, 0.15) is 5.82 Å². The van der Waals surface area contributed by atoms with E-state index in [9.17, 15) is 4.79 Å². The lowest BCUT2D eigenvalue weighted by Crippen LogP contribution is -2.39. The van der Waals surface area contributed by atoms with E-state index >= 15 is 0 Å². The summed E-state index contributed by atoms with van der Waals surface area (Å²) in [7, 11) is 0. The predicted octanol–water partition coefficient (Wildman–Crippen LogP) is 2.21.